The van der Waals surface area contributed by atoms with E-state index in [1.165, 1.54) is 24.6 Å². The molecular weight excluding hydrogens is 248 g/mol. The summed E-state index contributed by atoms with van der Waals surface area (Å²) in [6.07, 6.45) is 6.28. The van der Waals surface area contributed by atoms with E-state index in [4.69, 9.17) is 0 Å². The molecule has 0 bridgehead atoms. The minimum Gasteiger partial charge on any atom is -0.352 e. The minimum absolute atomic E-state index is 0.0996. The van der Waals surface area contributed by atoms with Crippen LogP contribution in [0.4, 0.5) is 0 Å². The summed E-state index contributed by atoms with van der Waals surface area (Å²) < 4.78 is 0. The average molecular weight is 268 g/mol. The summed E-state index contributed by atoms with van der Waals surface area (Å²) in [6, 6.07) is 0.356. The van der Waals surface area contributed by atoms with Crippen molar-refractivity contribution in [3.63, 3.8) is 0 Å². The number of nitrogens with one attached hydrogen (secondary N) is 2. The maximum absolute atomic E-state index is 12.0. The fraction of sp³-hybridized carbons (Fsp3) is 0.750. The third kappa shape index (κ3) is 3.73. The Morgan fingerprint density at radius 3 is 2.83 bits per heavy atom. The summed E-state index contributed by atoms with van der Waals surface area (Å²) in [6.45, 7) is 4.18. The van der Waals surface area contributed by atoms with Gasteiger partial charge >= 0.3 is 0 Å². The van der Waals surface area contributed by atoms with Crippen molar-refractivity contribution < 1.29 is 4.79 Å². The summed E-state index contributed by atoms with van der Waals surface area (Å²) in [5, 5.41) is 14.0. The van der Waals surface area contributed by atoms with Crippen LogP contribution in [0, 0.1) is 5.92 Å². The van der Waals surface area contributed by atoms with Crippen molar-refractivity contribution in [2.45, 2.75) is 55.8 Å². The quantitative estimate of drug-likeness (QED) is 0.819. The van der Waals surface area contributed by atoms with E-state index in [0.29, 0.717) is 6.04 Å². The van der Waals surface area contributed by atoms with Gasteiger partial charge in [-0.3, -0.25) is 4.79 Å². The van der Waals surface area contributed by atoms with Crippen molar-refractivity contribution >= 4 is 17.7 Å². The Bertz CT molecular complexity index is 373. The van der Waals surface area contributed by atoms with E-state index in [2.05, 4.69) is 27.7 Å². The van der Waals surface area contributed by atoms with Crippen LogP contribution in [0.25, 0.3) is 0 Å². The zero-order valence-corrected chi connectivity index (χ0v) is 11.7. The molecule has 0 spiro atoms. The molecule has 2 rings (SSSR count). The van der Waals surface area contributed by atoms with Crippen molar-refractivity contribution in [1.82, 2.24) is 20.7 Å². The van der Waals surface area contributed by atoms with Crippen LogP contribution in [-0.2, 0) is 4.79 Å². The molecule has 5 nitrogen and oxygen atoms in total. The highest BCUT2D eigenvalue weighted by Gasteiger charge is 2.22. The molecule has 1 fully saturated rings. The van der Waals surface area contributed by atoms with Gasteiger partial charge in [0.25, 0.3) is 0 Å². The number of nitrogens with zero attached hydrogens (tertiary/aromatic N) is 2. The van der Waals surface area contributed by atoms with Crippen molar-refractivity contribution in [2.75, 3.05) is 0 Å². The minimum atomic E-state index is -0.130. The Balaban J connectivity index is 1.77. The first kappa shape index (κ1) is 13.4. The van der Waals surface area contributed by atoms with E-state index in [0.717, 1.165) is 23.8 Å². The first-order valence-corrected chi connectivity index (χ1v) is 7.36. The molecule has 18 heavy (non-hydrogen) atoms. The van der Waals surface area contributed by atoms with Crippen LogP contribution in [0.15, 0.2) is 11.2 Å². The second kappa shape index (κ2) is 6.22. The lowest BCUT2D eigenvalue weighted by Crippen LogP contribution is -2.41. The number of aromatic amines is 1. The second-order valence-corrected chi connectivity index (χ2v) is 6.39. The SMILES string of the molecule is CC1CCC(NC(=O)[C@@H](C)Sc2cn[nH]n2)CC1. The molecule has 1 atom stereocenters. The van der Waals surface area contributed by atoms with Gasteiger partial charge in [0.15, 0.2) is 0 Å². The number of hydrogen-bond acceptors (Lipinski definition) is 4. The Labute approximate surface area is 111 Å². The Morgan fingerprint density at radius 2 is 2.22 bits per heavy atom. The van der Waals surface area contributed by atoms with Gasteiger partial charge in [-0.15, -0.1) is 5.10 Å². The topological polar surface area (TPSA) is 70.7 Å². The Kier molecular flexibility index (Phi) is 4.63. The molecule has 6 heteroatoms. The van der Waals surface area contributed by atoms with Crippen molar-refractivity contribution in [3.05, 3.63) is 6.20 Å². The number of carbonyl (C=O) groups excluding carboxylic acids is 1. The third-order valence-electron chi connectivity index (χ3n) is 3.42. The van der Waals surface area contributed by atoms with Crippen LogP contribution < -0.4 is 5.32 Å². The number of rotatable bonds is 4. The fourth-order valence-corrected chi connectivity index (χ4v) is 2.95. The molecule has 0 unspecified atom stereocenters. The predicted octanol–water partition coefficient (Wildman–Crippen LogP) is 1.98. The van der Waals surface area contributed by atoms with Gasteiger partial charge in [-0.05, 0) is 38.5 Å². The molecule has 1 aliphatic carbocycles. The fourth-order valence-electron chi connectivity index (χ4n) is 2.21. The van der Waals surface area contributed by atoms with Crippen molar-refractivity contribution in [2.24, 2.45) is 5.92 Å². The number of carbonyl (C=O) groups is 1. The molecule has 100 valence electrons. The van der Waals surface area contributed by atoms with E-state index in [-0.39, 0.29) is 11.2 Å². The smallest absolute Gasteiger partial charge is 0.233 e. The van der Waals surface area contributed by atoms with Crippen molar-refractivity contribution in [1.29, 1.82) is 0 Å². The number of hydrogen-bond donors (Lipinski definition) is 2. The molecule has 0 aromatic carbocycles. The van der Waals surface area contributed by atoms with Crippen LogP contribution in [0.5, 0.6) is 0 Å². The van der Waals surface area contributed by atoms with Crippen LogP contribution in [0.3, 0.4) is 0 Å². The first-order valence-electron chi connectivity index (χ1n) is 6.48. The van der Waals surface area contributed by atoms with Gasteiger partial charge in [0.05, 0.1) is 11.4 Å². The van der Waals surface area contributed by atoms with Crippen LogP contribution in [0.2, 0.25) is 0 Å². The normalized spacial score (nSPS) is 25.7. The monoisotopic (exact) mass is 268 g/mol. The number of aromatic nitrogens is 3. The molecule has 1 aliphatic rings. The summed E-state index contributed by atoms with van der Waals surface area (Å²) in [5.74, 6) is 0.905. The van der Waals surface area contributed by atoms with Gasteiger partial charge in [0, 0.05) is 6.04 Å². The van der Waals surface area contributed by atoms with Gasteiger partial charge < -0.3 is 5.32 Å². The zero-order chi connectivity index (χ0) is 13.0. The van der Waals surface area contributed by atoms with Crippen LogP contribution in [0.1, 0.15) is 39.5 Å². The molecular formula is C12H20N4OS. The molecule has 0 aliphatic heterocycles. The molecule has 1 aromatic heterocycles. The molecule has 1 saturated carbocycles. The lowest BCUT2D eigenvalue weighted by molar-refractivity contribution is -0.121. The standard InChI is InChI=1S/C12H20N4OS/c1-8-3-5-10(6-4-8)14-12(17)9(2)18-11-7-13-16-15-11/h7-10H,3-6H2,1-2H3,(H,14,17)(H,13,15,16)/t8?,9-,10?/m1/s1. The lowest BCUT2D eigenvalue weighted by atomic mass is 9.87. The molecule has 1 heterocycles. The average Bonchev–Trinajstić information content (AvgIpc) is 2.85. The number of thioether (sulfide) groups is 1. The highest BCUT2D eigenvalue weighted by Crippen LogP contribution is 2.24. The molecule has 1 amide bonds. The number of H-pyrrole nitrogens is 1. The second-order valence-electron chi connectivity index (χ2n) is 5.03. The maximum Gasteiger partial charge on any atom is 0.233 e. The van der Waals surface area contributed by atoms with Gasteiger partial charge in [-0.25, -0.2) is 0 Å². The van der Waals surface area contributed by atoms with Crippen molar-refractivity contribution in [3.8, 4) is 0 Å². The highest BCUT2D eigenvalue weighted by molar-refractivity contribution is 8.00. The number of amides is 1. The van der Waals surface area contributed by atoms with E-state index in [9.17, 15) is 4.79 Å². The highest BCUT2D eigenvalue weighted by atomic mass is 32.2. The largest absolute Gasteiger partial charge is 0.352 e. The summed E-state index contributed by atoms with van der Waals surface area (Å²) in [5.41, 5.74) is 0. The predicted molar refractivity (Wildman–Crippen MR) is 71.3 cm³/mol. The van der Waals surface area contributed by atoms with Gasteiger partial charge in [0.1, 0.15) is 5.03 Å². The molecule has 2 N–H and O–H groups in total. The van der Waals surface area contributed by atoms with Crippen LogP contribution in [-0.4, -0.2) is 32.6 Å². The summed E-state index contributed by atoms with van der Waals surface area (Å²) in [4.78, 5) is 12.0. The maximum atomic E-state index is 12.0. The van der Waals surface area contributed by atoms with E-state index in [1.807, 2.05) is 6.92 Å². The Morgan fingerprint density at radius 1 is 1.50 bits per heavy atom. The van der Waals surface area contributed by atoms with Gasteiger partial charge in [-0.1, -0.05) is 18.7 Å². The lowest BCUT2D eigenvalue weighted by Gasteiger charge is -2.27. The van der Waals surface area contributed by atoms with E-state index < -0.39 is 0 Å². The van der Waals surface area contributed by atoms with E-state index in [1.54, 1.807) is 6.20 Å². The molecule has 0 saturated heterocycles. The zero-order valence-electron chi connectivity index (χ0n) is 10.8. The third-order valence-corrected chi connectivity index (χ3v) is 4.43. The van der Waals surface area contributed by atoms with Crippen LogP contribution >= 0.6 is 11.8 Å². The van der Waals surface area contributed by atoms with Gasteiger partial charge in [0.2, 0.25) is 5.91 Å². The molecule has 0 radical (unpaired) electrons. The summed E-state index contributed by atoms with van der Waals surface area (Å²) >= 11 is 1.43. The first-order chi connectivity index (χ1) is 8.65. The van der Waals surface area contributed by atoms with E-state index >= 15 is 0 Å². The Hall–Kier alpha value is -1.04. The van der Waals surface area contributed by atoms with Gasteiger partial charge in [-0.2, -0.15) is 10.3 Å². The summed E-state index contributed by atoms with van der Waals surface area (Å²) in [7, 11) is 0. The molecule has 1 aromatic rings.